The van der Waals surface area contributed by atoms with Crippen molar-refractivity contribution in [1.82, 2.24) is 9.47 Å². The predicted octanol–water partition coefficient (Wildman–Crippen LogP) is 4.63. The molecule has 47 heavy (non-hydrogen) atoms. The summed E-state index contributed by atoms with van der Waals surface area (Å²) in [6, 6.07) is 10.0. The predicted molar refractivity (Wildman–Crippen MR) is 174 cm³/mol. The molecule has 0 amide bonds. The summed E-state index contributed by atoms with van der Waals surface area (Å²) in [7, 11) is -0.185. The Bertz CT molecular complexity index is 1720. The number of nitrogens with one attached hydrogen (secondary N) is 2. The van der Waals surface area contributed by atoms with Gasteiger partial charge in [-0.25, -0.2) is 8.42 Å². The van der Waals surface area contributed by atoms with Gasteiger partial charge < -0.3 is 39.0 Å². The number of halogens is 3. The maximum atomic E-state index is 13.8. The number of fused-ring (bicyclic) bond motifs is 4. The zero-order valence-corrected chi connectivity index (χ0v) is 27.6. The normalized spacial score (nSPS) is 20.6. The minimum absolute atomic E-state index is 0.0348. The fourth-order valence-electron chi connectivity index (χ4n) is 6.05. The summed E-state index contributed by atoms with van der Waals surface area (Å²) < 4.78 is 90.4. The number of benzene rings is 2. The lowest BCUT2D eigenvalue weighted by Crippen LogP contribution is -2.45. The Labute approximate surface area is 273 Å². The number of sulfone groups is 1. The summed E-state index contributed by atoms with van der Waals surface area (Å²) in [6.07, 6.45) is -1.70. The molecule has 2 N–H and O–H groups in total. The molecule has 0 saturated carbocycles. The molecule has 2 atom stereocenters. The van der Waals surface area contributed by atoms with Gasteiger partial charge in [0.15, 0.2) is 9.84 Å². The monoisotopic (exact) mass is 678 g/mol. The first kappa shape index (κ1) is 34.7. The Morgan fingerprint density at radius 1 is 1.04 bits per heavy atom. The van der Waals surface area contributed by atoms with Gasteiger partial charge in [0.25, 0.3) is 0 Å². The van der Waals surface area contributed by atoms with Crippen molar-refractivity contribution in [2.24, 2.45) is 5.92 Å². The molecule has 14 heteroatoms. The van der Waals surface area contributed by atoms with E-state index in [2.05, 4.69) is 34.4 Å². The van der Waals surface area contributed by atoms with Crippen molar-refractivity contribution in [3.8, 4) is 23.3 Å². The minimum atomic E-state index is -4.46. The number of hydrogen-bond donors (Lipinski definition) is 2. The van der Waals surface area contributed by atoms with Crippen LogP contribution in [0, 0.1) is 17.8 Å². The fraction of sp³-hybridized carbons (Fsp3) is 0.515. The third kappa shape index (κ3) is 9.04. The second-order valence-corrected chi connectivity index (χ2v) is 13.8. The first-order valence-corrected chi connectivity index (χ1v) is 17.4. The molecule has 256 valence electrons. The van der Waals surface area contributed by atoms with Gasteiger partial charge in [0.05, 0.1) is 50.4 Å². The summed E-state index contributed by atoms with van der Waals surface area (Å²) in [6.45, 7) is 2.20. The number of aromatic nitrogens is 1. The molecule has 2 aliphatic rings. The lowest BCUT2D eigenvalue weighted by Gasteiger charge is -2.38. The molecule has 1 saturated heterocycles. The Morgan fingerprint density at radius 3 is 2.55 bits per heavy atom. The second-order valence-electron chi connectivity index (χ2n) is 11.8. The van der Waals surface area contributed by atoms with Crippen LogP contribution in [0.25, 0.3) is 10.9 Å². The van der Waals surface area contributed by atoms with Gasteiger partial charge >= 0.3 is 6.18 Å². The van der Waals surface area contributed by atoms with Crippen LogP contribution in [-0.2, 0) is 25.9 Å². The van der Waals surface area contributed by atoms with Gasteiger partial charge in [0.1, 0.15) is 29.5 Å². The summed E-state index contributed by atoms with van der Waals surface area (Å²) in [5.41, 5.74) is 1.84. The number of ether oxygens (including phenoxy) is 4. The van der Waals surface area contributed by atoms with Crippen molar-refractivity contribution in [3.05, 3.63) is 42.1 Å². The summed E-state index contributed by atoms with van der Waals surface area (Å²) in [4.78, 5) is 2.23. The number of rotatable bonds is 3. The molecule has 10 nitrogen and oxygen atoms in total. The highest BCUT2D eigenvalue weighted by Gasteiger charge is 2.31. The molecule has 0 aliphatic carbocycles. The lowest BCUT2D eigenvalue weighted by molar-refractivity contribution is -0.140. The van der Waals surface area contributed by atoms with E-state index in [-0.39, 0.29) is 53.8 Å². The van der Waals surface area contributed by atoms with Crippen LogP contribution in [0.2, 0.25) is 0 Å². The molecule has 1 aromatic heterocycles. The van der Waals surface area contributed by atoms with Crippen LogP contribution in [0.15, 0.2) is 41.3 Å². The maximum absolute atomic E-state index is 13.8. The van der Waals surface area contributed by atoms with Crippen molar-refractivity contribution >= 4 is 32.1 Å². The Kier molecular flexibility index (Phi) is 11.1. The highest BCUT2D eigenvalue weighted by atomic mass is 32.2. The Hall–Kier alpha value is -3.64. The first-order valence-electron chi connectivity index (χ1n) is 15.5. The van der Waals surface area contributed by atoms with Crippen molar-refractivity contribution in [2.75, 3.05) is 83.7 Å². The smallest absolute Gasteiger partial charge is 0.406 e. The van der Waals surface area contributed by atoms with Crippen molar-refractivity contribution in [2.45, 2.75) is 36.5 Å². The molecule has 2 aromatic carbocycles. The third-order valence-corrected chi connectivity index (χ3v) is 9.42. The van der Waals surface area contributed by atoms with E-state index in [1.165, 1.54) is 23.8 Å². The fourth-order valence-corrected chi connectivity index (χ4v) is 6.86. The van der Waals surface area contributed by atoms with Crippen LogP contribution in [-0.4, -0.2) is 103 Å². The average molecular weight is 679 g/mol. The molecular weight excluding hydrogens is 637 g/mol. The van der Waals surface area contributed by atoms with Crippen molar-refractivity contribution < 1.29 is 40.5 Å². The van der Waals surface area contributed by atoms with Gasteiger partial charge in [-0.1, -0.05) is 12.0 Å². The van der Waals surface area contributed by atoms with Crippen LogP contribution in [0.1, 0.15) is 18.5 Å². The highest BCUT2D eigenvalue weighted by molar-refractivity contribution is 7.90. The molecule has 0 spiro atoms. The molecule has 0 radical (unpaired) electrons. The zero-order chi connectivity index (χ0) is 33.6. The van der Waals surface area contributed by atoms with Crippen LogP contribution in [0.4, 0.5) is 24.5 Å². The topological polar surface area (TPSA) is 103 Å². The zero-order valence-electron chi connectivity index (χ0n) is 26.8. The van der Waals surface area contributed by atoms with Crippen LogP contribution in [0.5, 0.6) is 11.5 Å². The molecule has 4 bridgehead atoms. The highest BCUT2D eigenvalue weighted by Crippen LogP contribution is 2.36. The molecule has 5 rings (SSSR count). The van der Waals surface area contributed by atoms with Gasteiger partial charge in [-0.05, 0) is 56.5 Å². The molecular formula is C33H41F3N4O6S. The number of likely N-dealkylation sites (tertiary alicyclic amines) is 1. The third-order valence-electron chi connectivity index (χ3n) is 8.30. The lowest BCUT2D eigenvalue weighted by atomic mass is 9.89. The number of hydrogen-bond acceptors (Lipinski definition) is 9. The minimum Gasteiger partial charge on any atom is -0.495 e. The molecule has 2 unspecified atom stereocenters. The Morgan fingerprint density at radius 2 is 1.81 bits per heavy atom. The van der Waals surface area contributed by atoms with Crippen molar-refractivity contribution in [1.29, 1.82) is 0 Å². The van der Waals surface area contributed by atoms with Crippen LogP contribution < -0.4 is 20.1 Å². The van der Waals surface area contributed by atoms with E-state index in [9.17, 15) is 21.6 Å². The quantitative estimate of drug-likeness (QED) is 0.384. The van der Waals surface area contributed by atoms with E-state index in [1.54, 1.807) is 18.2 Å². The molecule has 3 aromatic rings. The number of anilines is 2. The largest absolute Gasteiger partial charge is 0.495 e. The molecule has 1 fully saturated rings. The Balaban J connectivity index is 1.51. The van der Waals surface area contributed by atoms with Gasteiger partial charge in [-0.3, -0.25) is 0 Å². The van der Waals surface area contributed by atoms with E-state index in [0.29, 0.717) is 36.4 Å². The van der Waals surface area contributed by atoms with Crippen molar-refractivity contribution in [3.63, 3.8) is 0 Å². The first-order chi connectivity index (χ1) is 22.4. The van der Waals surface area contributed by atoms with E-state index >= 15 is 0 Å². The standard InChI is InChI=1S/C33H41F3N4O6S/c1-39-12-9-26-23(21-39)10-13-44-14-15-45-16-17-46-31-19-28(30(43-2)20-32(31)47(3,41)42)37-11-5-6-24-18-25-27(38-26)7-4-8-29(25)40(24)22-33(34,35)36/h4,7-8,18-20,23,26,37-38H,9-17,21-22H2,1-3H3. The van der Waals surface area contributed by atoms with Gasteiger partial charge in [0.2, 0.25) is 0 Å². The number of piperidine rings is 1. The average Bonchev–Trinajstić information content (AvgIpc) is 3.35. The molecule has 2 aliphatic heterocycles. The van der Waals surface area contributed by atoms with Gasteiger partial charge in [0, 0.05) is 48.7 Å². The maximum Gasteiger partial charge on any atom is 0.406 e. The van der Waals surface area contributed by atoms with E-state index in [4.69, 9.17) is 18.9 Å². The second kappa shape index (κ2) is 15.1. The van der Waals surface area contributed by atoms with Crippen LogP contribution in [0.3, 0.4) is 0 Å². The van der Waals surface area contributed by atoms with Gasteiger partial charge in [-0.2, -0.15) is 13.2 Å². The van der Waals surface area contributed by atoms with E-state index in [0.717, 1.165) is 37.9 Å². The summed E-state index contributed by atoms with van der Waals surface area (Å²) in [5, 5.41) is 7.41. The summed E-state index contributed by atoms with van der Waals surface area (Å²) in [5.74, 6) is 6.46. The molecule has 3 heterocycles. The van der Waals surface area contributed by atoms with Crippen LogP contribution >= 0.6 is 0 Å². The number of methoxy groups -OCH3 is 1. The number of alkyl halides is 3. The van der Waals surface area contributed by atoms with Gasteiger partial charge in [-0.15, -0.1) is 0 Å². The van der Waals surface area contributed by atoms with E-state index in [1.807, 2.05) is 6.07 Å². The number of nitrogens with zero attached hydrogens (tertiary/aromatic N) is 2. The summed E-state index contributed by atoms with van der Waals surface area (Å²) >= 11 is 0. The van der Waals surface area contributed by atoms with E-state index < -0.39 is 22.6 Å². The SMILES string of the molecule is COc1cc(S(C)(=O)=O)c2cc1NCC#Cc1cc3c(cccc3n1CC(F)(F)F)NC1CCN(C)CC1CCOCCOCCO2.